The van der Waals surface area contributed by atoms with Gasteiger partial charge in [-0.1, -0.05) is 0 Å². The zero-order valence-electron chi connectivity index (χ0n) is 14.4. The molecule has 1 aliphatic heterocycles. The molecule has 1 aromatic rings. The second-order valence-corrected chi connectivity index (χ2v) is 7.94. The van der Waals surface area contributed by atoms with Gasteiger partial charge in [0.2, 0.25) is 15.9 Å². The molecule has 1 aromatic carbocycles. The predicted molar refractivity (Wildman–Crippen MR) is 92.0 cm³/mol. The number of halogens is 1. The number of sulfonamides is 1. The largest absolute Gasteiger partial charge is 0.382 e. The maximum absolute atomic E-state index is 13.0. The van der Waals surface area contributed by atoms with Crippen LogP contribution in [0.2, 0.25) is 0 Å². The third-order valence-electron chi connectivity index (χ3n) is 4.18. The molecule has 1 N–H and O–H groups in total. The molecule has 0 spiro atoms. The minimum Gasteiger partial charge on any atom is -0.382 e. The van der Waals surface area contributed by atoms with Crippen molar-refractivity contribution in [2.24, 2.45) is 5.92 Å². The highest BCUT2D eigenvalue weighted by Crippen LogP contribution is 2.24. The van der Waals surface area contributed by atoms with Gasteiger partial charge >= 0.3 is 0 Å². The number of carbonyl (C=O) groups excluding carboxylic acids is 1. The first kappa shape index (κ1) is 19.8. The standard InChI is InChI=1S/C17H25FN2O4S/c1-2-24-12-4-10-19-17(21)14-5-3-11-20(13-14)25(22,23)16-8-6-15(18)7-9-16/h6-9,14H,2-5,10-13H2,1H3,(H,19,21)/t14-/m1/s1. The van der Waals surface area contributed by atoms with Crippen molar-refractivity contribution in [3.63, 3.8) is 0 Å². The van der Waals surface area contributed by atoms with Crippen LogP contribution < -0.4 is 5.32 Å². The third-order valence-corrected chi connectivity index (χ3v) is 6.05. The summed E-state index contributed by atoms with van der Waals surface area (Å²) >= 11 is 0. The van der Waals surface area contributed by atoms with Crippen LogP contribution in [0, 0.1) is 11.7 Å². The van der Waals surface area contributed by atoms with E-state index in [-0.39, 0.29) is 23.3 Å². The van der Waals surface area contributed by atoms with Gasteiger partial charge in [0.25, 0.3) is 0 Å². The van der Waals surface area contributed by atoms with Crippen molar-refractivity contribution in [1.29, 1.82) is 0 Å². The second-order valence-electron chi connectivity index (χ2n) is 6.00. The minimum atomic E-state index is -3.71. The van der Waals surface area contributed by atoms with Crippen molar-refractivity contribution >= 4 is 15.9 Å². The molecule has 140 valence electrons. The molecule has 1 atom stereocenters. The molecule has 0 aliphatic carbocycles. The van der Waals surface area contributed by atoms with E-state index in [0.717, 1.165) is 18.6 Å². The van der Waals surface area contributed by atoms with E-state index in [9.17, 15) is 17.6 Å². The molecular weight excluding hydrogens is 347 g/mol. The number of carbonyl (C=O) groups is 1. The van der Waals surface area contributed by atoms with Crippen LogP contribution in [0.25, 0.3) is 0 Å². The number of amides is 1. The monoisotopic (exact) mass is 372 g/mol. The first-order chi connectivity index (χ1) is 11.9. The number of piperidine rings is 1. The van der Waals surface area contributed by atoms with E-state index in [2.05, 4.69) is 5.32 Å². The SMILES string of the molecule is CCOCCCNC(=O)[C@@H]1CCCN(S(=O)(=O)c2ccc(F)cc2)C1. The van der Waals surface area contributed by atoms with Crippen molar-refractivity contribution in [1.82, 2.24) is 9.62 Å². The first-order valence-electron chi connectivity index (χ1n) is 8.56. The molecule has 1 fully saturated rings. The van der Waals surface area contributed by atoms with Crippen LogP contribution in [0.4, 0.5) is 4.39 Å². The number of hydrogen-bond acceptors (Lipinski definition) is 4. The number of hydrogen-bond donors (Lipinski definition) is 1. The van der Waals surface area contributed by atoms with Crippen LogP contribution in [-0.4, -0.2) is 51.5 Å². The first-order valence-corrected chi connectivity index (χ1v) is 10.0. The summed E-state index contributed by atoms with van der Waals surface area (Å²) < 4.78 is 44.8. The normalized spacial score (nSPS) is 18.9. The summed E-state index contributed by atoms with van der Waals surface area (Å²) in [6, 6.07) is 4.75. The van der Waals surface area contributed by atoms with Crippen molar-refractivity contribution in [2.75, 3.05) is 32.8 Å². The van der Waals surface area contributed by atoms with Gasteiger partial charge in [-0.15, -0.1) is 0 Å². The van der Waals surface area contributed by atoms with Gasteiger partial charge in [-0.2, -0.15) is 4.31 Å². The van der Waals surface area contributed by atoms with Crippen molar-refractivity contribution in [2.45, 2.75) is 31.1 Å². The van der Waals surface area contributed by atoms with Gasteiger partial charge in [0, 0.05) is 32.8 Å². The summed E-state index contributed by atoms with van der Waals surface area (Å²) in [5.74, 6) is -0.978. The Morgan fingerprint density at radius 1 is 1.36 bits per heavy atom. The number of ether oxygens (including phenoxy) is 1. The maximum Gasteiger partial charge on any atom is 0.243 e. The number of benzene rings is 1. The quantitative estimate of drug-likeness (QED) is 0.706. The Bertz CT molecular complexity index is 664. The lowest BCUT2D eigenvalue weighted by Gasteiger charge is -2.31. The Hall–Kier alpha value is -1.51. The van der Waals surface area contributed by atoms with Crippen molar-refractivity contribution < 1.29 is 22.3 Å². The molecular formula is C17H25FN2O4S. The summed E-state index contributed by atoms with van der Waals surface area (Å²) in [5.41, 5.74) is 0. The van der Waals surface area contributed by atoms with Crippen LogP contribution >= 0.6 is 0 Å². The Kier molecular flexibility index (Phi) is 7.34. The number of rotatable bonds is 8. The number of nitrogens with one attached hydrogen (secondary N) is 1. The average molecular weight is 372 g/mol. The average Bonchev–Trinajstić information content (AvgIpc) is 2.62. The Labute approximate surface area is 148 Å². The highest BCUT2D eigenvalue weighted by atomic mass is 32.2. The van der Waals surface area contributed by atoms with Gasteiger partial charge in [0.15, 0.2) is 0 Å². The summed E-state index contributed by atoms with van der Waals surface area (Å²) in [7, 11) is -3.71. The van der Waals surface area contributed by atoms with E-state index in [1.807, 2.05) is 6.92 Å². The van der Waals surface area contributed by atoms with E-state index >= 15 is 0 Å². The lowest BCUT2D eigenvalue weighted by Crippen LogP contribution is -2.45. The lowest BCUT2D eigenvalue weighted by molar-refractivity contribution is -0.126. The fourth-order valence-electron chi connectivity index (χ4n) is 2.80. The zero-order valence-corrected chi connectivity index (χ0v) is 15.2. The third kappa shape index (κ3) is 5.49. The molecule has 25 heavy (non-hydrogen) atoms. The fraction of sp³-hybridized carbons (Fsp3) is 0.588. The van der Waals surface area contributed by atoms with Gasteiger partial charge in [-0.25, -0.2) is 12.8 Å². The summed E-state index contributed by atoms with van der Waals surface area (Å²) in [6.45, 7) is 4.18. The summed E-state index contributed by atoms with van der Waals surface area (Å²) in [6.07, 6.45) is 2.01. The molecule has 0 unspecified atom stereocenters. The molecule has 0 saturated carbocycles. The topological polar surface area (TPSA) is 75.7 Å². The van der Waals surface area contributed by atoms with E-state index in [1.54, 1.807) is 0 Å². The minimum absolute atomic E-state index is 0.0478. The maximum atomic E-state index is 13.0. The van der Waals surface area contributed by atoms with Gasteiger partial charge in [-0.05, 0) is 50.5 Å². The molecule has 0 aromatic heterocycles. The van der Waals surface area contributed by atoms with Crippen LogP contribution in [0.5, 0.6) is 0 Å². The summed E-state index contributed by atoms with van der Waals surface area (Å²) in [4.78, 5) is 12.3. The van der Waals surface area contributed by atoms with E-state index in [4.69, 9.17) is 4.74 Å². The van der Waals surface area contributed by atoms with Gasteiger partial charge in [0.05, 0.1) is 10.8 Å². The zero-order chi connectivity index (χ0) is 18.3. The van der Waals surface area contributed by atoms with Gasteiger partial charge in [0.1, 0.15) is 5.82 Å². The molecule has 1 amide bonds. The molecule has 2 rings (SSSR count). The van der Waals surface area contributed by atoms with E-state index in [0.29, 0.717) is 39.1 Å². The lowest BCUT2D eigenvalue weighted by atomic mass is 9.99. The van der Waals surface area contributed by atoms with Crippen molar-refractivity contribution in [3.05, 3.63) is 30.1 Å². The number of nitrogens with zero attached hydrogens (tertiary/aromatic N) is 1. The smallest absolute Gasteiger partial charge is 0.243 e. The van der Waals surface area contributed by atoms with Crippen LogP contribution in [0.3, 0.4) is 0 Å². The molecule has 1 saturated heterocycles. The van der Waals surface area contributed by atoms with Crippen LogP contribution in [-0.2, 0) is 19.6 Å². The molecule has 1 heterocycles. The predicted octanol–water partition coefficient (Wildman–Crippen LogP) is 1.77. The highest BCUT2D eigenvalue weighted by Gasteiger charge is 2.33. The van der Waals surface area contributed by atoms with E-state index in [1.165, 1.54) is 16.4 Å². The molecule has 0 bridgehead atoms. The van der Waals surface area contributed by atoms with Gasteiger partial charge < -0.3 is 10.1 Å². The Morgan fingerprint density at radius 3 is 2.76 bits per heavy atom. The molecule has 8 heteroatoms. The molecule has 0 radical (unpaired) electrons. The van der Waals surface area contributed by atoms with Crippen LogP contribution in [0.1, 0.15) is 26.2 Å². The van der Waals surface area contributed by atoms with Crippen LogP contribution in [0.15, 0.2) is 29.2 Å². The fourth-order valence-corrected chi connectivity index (χ4v) is 4.33. The molecule has 1 aliphatic rings. The molecule has 6 nitrogen and oxygen atoms in total. The van der Waals surface area contributed by atoms with Gasteiger partial charge in [-0.3, -0.25) is 4.79 Å². The highest BCUT2D eigenvalue weighted by molar-refractivity contribution is 7.89. The van der Waals surface area contributed by atoms with Crippen molar-refractivity contribution in [3.8, 4) is 0 Å². The Morgan fingerprint density at radius 2 is 2.08 bits per heavy atom. The summed E-state index contributed by atoms with van der Waals surface area (Å²) in [5, 5.41) is 2.84. The van der Waals surface area contributed by atoms with E-state index < -0.39 is 15.8 Å². The second kappa shape index (κ2) is 9.26. The Balaban J connectivity index is 1.93.